The molecule has 1 unspecified atom stereocenters. The van der Waals surface area contributed by atoms with Crippen LogP contribution in [0.15, 0.2) is 30.3 Å². The van der Waals surface area contributed by atoms with Gasteiger partial charge in [0.25, 0.3) is 0 Å². The summed E-state index contributed by atoms with van der Waals surface area (Å²) in [6.07, 6.45) is 9.43. The van der Waals surface area contributed by atoms with Crippen LogP contribution in [0.25, 0.3) is 0 Å². The molecule has 3 rings (SSSR count). The monoisotopic (exact) mass is 387 g/mol. The molecule has 0 spiro atoms. The van der Waals surface area contributed by atoms with Crippen LogP contribution in [0.4, 0.5) is 4.79 Å². The zero-order valence-electron chi connectivity index (χ0n) is 17.3. The minimum atomic E-state index is -0.274. The SMILES string of the molecule is O=C(NCCC(c1ccccc1)N1CCCCC1)OCCCN1CCCCC1. The smallest absolute Gasteiger partial charge is 0.407 e. The number of carbonyl (C=O) groups excluding carboxylic acids is 1. The second-order valence-electron chi connectivity index (χ2n) is 8.13. The average molecular weight is 388 g/mol. The average Bonchev–Trinajstić information content (AvgIpc) is 2.76. The predicted octanol–water partition coefficient (Wildman–Crippen LogP) is 4.21. The molecule has 0 bridgehead atoms. The van der Waals surface area contributed by atoms with Crippen LogP contribution in [-0.2, 0) is 4.74 Å². The number of hydrogen-bond acceptors (Lipinski definition) is 4. The Labute approximate surface area is 170 Å². The Morgan fingerprint density at radius 3 is 2.36 bits per heavy atom. The summed E-state index contributed by atoms with van der Waals surface area (Å²) >= 11 is 0. The zero-order valence-corrected chi connectivity index (χ0v) is 17.3. The van der Waals surface area contributed by atoms with Crippen molar-refractivity contribution in [1.82, 2.24) is 15.1 Å². The first-order valence-corrected chi connectivity index (χ1v) is 11.2. The fraction of sp³-hybridized carbons (Fsp3) is 0.696. The normalized spacial score (nSPS) is 19.9. The van der Waals surface area contributed by atoms with Gasteiger partial charge in [-0.1, -0.05) is 43.2 Å². The molecule has 5 nitrogen and oxygen atoms in total. The van der Waals surface area contributed by atoms with Crippen molar-refractivity contribution in [3.63, 3.8) is 0 Å². The van der Waals surface area contributed by atoms with E-state index in [1.165, 1.54) is 57.2 Å². The van der Waals surface area contributed by atoms with Crippen LogP contribution in [0.2, 0.25) is 0 Å². The molecule has 5 heteroatoms. The van der Waals surface area contributed by atoms with Crippen molar-refractivity contribution in [3.8, 4) is 0 Å². The standard InChI is InChI=1S/C23H37N3O2/c27-23(28-20-10-17-25-15-6-2-7-16-25)24-14-13-22(21-11-4-1-5-12-21)26-18-8-3-9-19-26/h1,4-5,11-12,22H,2-3,6-10,13-20H2,(H,24,27). The third kappa shape index (κ3) is 7.10. The van der Waals surface area contributed by atoms with Crippen molar-refractivity contribution in [1.29, 1.82) is 0 Å². The number of likely N-dealkylation sites (tertiary alicyclic amines) is 2. The van der Waals surface area contributed by atoms with E-state index in [2.05, 4.69) is 45.4 Å². The Balaban J connectivity index is 1.35. The molecule has 2 aliphatic rings. The van der Waals surface area contributed by atoms with E-state index < -0.39 is 0 Å². The minimum absolute atomic E-state index is 0.274. The van der Waals surface area contributed by atoms with Crippen molar-refractivity contribution in [2.45, 2.75) is 57.4 Å². The Morgan fingerprint density at radius 2 is 1.64 bits per heavy atom. The maximum atomic E-state index is 12.0. The molecule has 2 aliphatic heterocycles. The number of benzene rings is 1. The first-order valence-electron chi connectivity index (χ1n) is 11.2. The minimum Gasteiger partial charge on any atom is -0.450 e. The van der Waals surface area contributed by atoms with Crippen LogP contribution in [0.1, 0.15) is 63.0 Å². The van der Waals surface area contributed by atoms with Crippen molar-refractivity contribution in [3.05, 3.63) is 35.9 Å². The number of amides is 1. The zero-order chi connectivity index (χ0) is 19.4. The molecule has 1 aromatic carbocycles. The second-order valence-corrected chi connectivity index (χ2v) is 8.13. The molecule has 2 saturated heterocycles. The molecule has 0 saturated carbocycles. The van der Waals surface area contributed by atoms with Crippen LogP contribution < -0.4 is 5.32 Å². The van der Waals surface area contributed by atoms with Gasteiger partial charge in [0.1, 0.15) is 0 Å². The number of piperidine rings is 2. The van der Waals surface area contributed by atoms with Gasteiger partial charge in [-0.05, 0) is 70.3 Å². The van der Waals surface area contributed by atoms with Gasteiger partial charge in [0, 0.05) is 19.1 Å². The number of nitrogens with zero attached hydrogens (tertiary/aromatic N) is 2. The lowest BCUT2D eigenvalue weighted by Crippen LogP contribution is -2.36. The summed E-state index contributed by atoms with van der Waals surface area (Å²) in [5.74, 6) is 0. The quantitative estimate of drug-likeness (QED) is 0.645. The summed E-state index contributed by atoms with van der Waals surface area (Å²) in [6, 6.07) is 11.1. The van der Waals surface area contributed by atoms with E-state index in [4.69, 9.17) is 4.74 Å². The highest BCUT2D eigenvalue weighted by molar-refractivity contribution is 5.67. The third-order valence-corrected chi connectivity index (χ3v) is 6.00. The molecule has 28 heavy (non-hydrogen) atoms. The summed E-state index contributed by atoms with van der Waals surface area (Å²) < 4.78 is 5.38. The molecule has 2 heterocycles. The Bertz CT molecular complexity index is 554. The maximum absolute atomic E-state index is 12.0. The summed E-state index contributed by atoms with van der Waals surface area (Å²) in [5.41, 5.74) is 1.35. The third-order valence-electron chi connectivity index (χ3n) is 6.00. The molecular weight excluding hydrogens is 350 g/mol. The second kappa shape index (κ2) is 12.1. The molecule has 156 valence electrons. The van der Waals surface area contributed by atoms with Crippen molar-refractivity contribution >= 4 is 6.09 Å². The van der Waals surface area contributed by atoms with E-state index in [1.807, 2.05) is 0 Å². The van der Waals surface area contributed by atoms with E-state index in [9.17, 15) is 4.79 Å². The van der Waals surface area contributed by atoms with E-state index >= 15 is 0 Å². The molecule has 0 aromatic heterocycles. The van der Waals surface area contributed by atoms with E-state index in [0.29, 0.717) is 19.2 Å². The lowest BCUT2D eigenvalue weighted by atomic mass is 9.99. The fourth-order valence-corrected chi connectivity index (χ4v) is 4.46. The predicted molar refractivity (Wildman–Crippen MR) is 113 cm³/mol. The van der Waals surface area contributed by atoms with Gasteiger partial charge in [-0.25, -0.2) is 4.79 Å². The highest BCUT2D eigenvalue weighted by Gasteiger charge is 2.22. The molecule has 0 aliphatic carbocycles. The van der Waals surface area contributed by atoms with Gasteiger partial charge in [0.05, 0.1) is 6.61 Å². The lowest BCUT2D eigenvalue weighted by molar-refractivity contribution is 0.130. The van der Waals surface area contributed by atoms with Gasteiger partial charge in [-0.3, -0.25) is 4.90 Å². The van der Waals surface area contributed by atoms with Crippen molar-refractivity contribution < 1.29 is 9.53 Å². The van der Waals surface area contributed by atoms with Gasteiger partial charge in [-0.15, -0.1) is 0 Å². The van der Waals surface area contributed by atoms with Crippen LogP contribution >= 0.6 is 0 Å². The van der Waals surface area contributed by atoms with Gasteiger partial charge in [0.15, 0.2) is 0 Å². The summed E-state index contributed by atoms with van der Waals surface area (Å²) in [5, 5.41) is 2.96. The molecule has 1 N–H and O–H groups in total. The van der Waals surface area contributed by atoms with Gasteiger partial charge in [0.2, 0.25) is 0 Å². The van der Waals surface area contributed by atoms with Crippen LogP contribution in [0, 0.1) is 0 Å². The van der Waals surface area contributed by atoms with Crippen molar-refractivity contribution in [2.24, 2.45) is 0 Å². The number of carbonyl (C=O) groups is 1. The van der Waals surface area contributed by atoms with Crippen LogP contribution in [0.3, 0.4) is 0 Å². The maximum Gasteiger partial charge on any atom is 0.407 e. The molecule has 1 amide bonds. The van der Waals surface area contributed by atoms with E-state index in [1.54, 1.807) is 0 Å². The summed E-state index contributed by atoms with van der Waals surface area (Å²) in [7, 11) is 0. The number of alkyl carbamates (subject to hydrolysis) is 1. The van der Waals surface area contributed by atoms with Gasteiger partial charge in [-0.2, -0.15) is 0 Å². The largest absolute Gasteiger partial charge is 0.450 e. The molecule has 1 aromatic rings. The highest BCUT2D eigenvalue weighted by Crippen LogP contribution is 2.27. The number of hydrogen-bond donors (Lipinski definition) is 1. The fourth-order valence-electron chi connectivity index (χ4n) is 4.46. The van der Waals surface area contributed by atoms with Gasteiger partial charge >= 0.3 is 6.09 Å². The van der Waals surface area contributed by atoms with E-state index in [0.717, 1.165) is 32.5 Å². The number of nitrogens with one attached hydrogen (secondary N) is 1. The Hall–Kier alpha value is -1.59. The molecular formula is C23H37N3O2. The Kier molecular flexibility index (Phi) is 9.11. The van der Waals surface area contributed by atoms with Crippen LogP contribution in [-0.4, -0.2) is 61.8 Å². The van der Waals surface area contributed by atoms with Crippen molar-refractivity contribution in [2.75, 3.05) is 45.9 Å². The number of ether oxygens (including phenoxy) is 1. The molecule has 2 fully saturated rings. The summed E-state index contributed by atoms with van der Waals surface area (Å²) in [6.45, 7) is 6.91. The van der Waals surface area contributed by atoms with E-state index in [-0.39, 0.29) is 6.09 Å². The first kappa shape index (κ1) is 21.1. The molecule has 1 atom stereocenters. The lowest BCUT2D eigenvalue weighted by Gasteiger charge is -2.35. The summed E-state index contributed by atoms with van der Waals surface area (Å²) in [4.78, 5) is 17.1. The molecule has 0 radical (unpaired) electrons. The highest BCUT2D eigenvalue weighted by atomic mass is 16.5. The Morgan fingerprint density at radius 1 is 0.964 bits per heavy atom. The van der Waals surface area contributed by atoms with Gasteiger partial charge < -0.3 is 15.0 Å². The topological polar surface area (TPSA) is 44.8 Å². The van der Waals surface area contributed by atoms with Crippen LogP contribution in [0.5, 0.6) is 0 Å². The number of rotatable bonds is 9. The first-order chi connectivity index (χ1) is 13.8.